The molecule has 6 heteroatoms. The van der Waals surface area contributed by atoms with Crippen molar-refractivity contribution in [2.75, 3.05) is 5.32 Å². The Bertz CT molecular complexity index is 663. The predicted octanol–water partition coefficient (Wildman–Crippen LogP) is 3.35. The van der Waals surface area contributed by atoms with Gasteiger partial charge in [0.05, 0.1) is 5.56 Å². The molecule has 6 nitrogen and oxygen atoms in total. The highest BCUT2D eigenvalue weighted by atomic mass is 16.4. The van der Waals surface area contributed by atoms with E-state index >= 15 is 0 Å². The van der Waals surface area contributed by atoms with Crippen LogP contribution in [0.1, 0.15) is 21.5 Å². The number of carboxylic acids is 1. The minimum atomic E-state index is -0.938. The molecule has 0 unspecified atom stereocenters. The molecule has 0 aliphatic heterocycles. The number of aromatic carboxylic acids is 1. The largest absolute Gasteiger partial charge is 0.478 e. The van der Waals surface area contributed by atoms with Crippen LogP contribution < -0.4 is 5.32 Å². The zero-order chi connectivity index (χ0) is 15.2. The molecule has 0 fully saturated rings. The Morgan fingerprint density at radius 3 is 2.14 bits per heavy atom. The second-order valence-electron chi connectivity index (χ2n) is 4.39. The third-order valence-corrected chi connectivity index (χ3v) is 2.97. The summed E-state index contributed by atoms with van der Waals surface area (Å²) in [6.45, 7) is 0.569. The van der Waals surface area contributed by atoms with Gasteiger partial charge in [-0.1, -0.05) is 12.1 Å². The van der Waals surface area contributed by atoms with Crippen LogP contribution in [0.3, 0.4) is 0 Å². The van der Waals surface area contributed by atoms with E-state index in [9.17, 15) is 4.79 Å². The summed E-state index contributed by atoms with van der Waals surface area (Å²) < 4.78 is 0. The third kappa shape index (κ3) is 3.73. The van der Waals surface area contributed by atoms with Gasteiger partial charge in [-0.15, -0.1) is 5.11 Å². The predicted molar refractivity (Wildman–Crippen MR) is 79.1 cm³/mol. The van der Waals surface area contributed by atoms with E-state index in [0.717, 1.165) is 11.3 Å². The van der Waals surface area contributed by atoms with Gasteiger partial charge in [-0.2, -0.15) is 0 Å². The Hall–Kier alpha value is -3.02. The number of anilines is 1. The van der Waals surface area contributed by atoms with Crippen molar-refractivity contribution in [3.63, 3.8) is 0 Å². The molecule has 0 aliphatic carbocycles. The average Bonchev–Trinajstić information content (AvgIpc) is 2.53. The maximum atomic E-state index is 10.7. The number of nitrogens with zero attached hydrogens (tertiary/aromatic N) is 1. The van der Waals surface area contributed by atoms with E-state index in [2.05, 4.69) is 10.4 Å². The normalized spacial score (nSPS) is 9.90. The second kappa shape index (κ2) is 6.42. The molecule has 2 rings (SSSR count). The van der Waals surface area contributed by atoms with Gasteiger partial charge in [-0.3, -0.25) is 5.41 Å². The SMILES string of the molecule is N=NC(=N)c1ccc(NCc2ccc(C(=O)O)cc2)cc1. The van der Waals surface area contributed by atoms with Crippen molar-refractivity contribution in [2.24, 2.45) is 5.11 Å². The minimum Gasteiger partial charge on any atom is -0.478 e. The third-order valence-electron chi connectivity index (χ3n) is 2.97. The lowest BCUT2D eigenvalue weighted by Crippen LogP contribution is -2.01. The van der Waals surface area contributed by atoms with Crippen LogP contribution in [0.2, 0.25) is 0 Å². The molecule has 4 N–H and O–H groups in total. The van der Waals surface area contributed by atoms with Gasteiger partial charge in [-0.05, 0) is 42.0 Å². The summed E-state index contributed by atoms with van der Waals surface area (Å²) in [5.41, 5.74) is 9.48. The molecule has 0 saturated heterocycles. The Kier molecular flexibility index (Phi) is 4.40. The summed E-state index contributed by atoms with van der Waals surface area (Å²) in [6, 6.07) is 13.7. The van der Waals surface area contributed by atoms with E-state index in [1.165, 1.54) is 0 Å². The molecule has 2 aromatic rings. The Morgan fingerprint density at radius 2 is 1.62 bits per heavy atom. The zero-order valence-electron chi connectivity index (χ0n) is 11.1. The Morgan fingerprint density at radius 1 is 1.05 bits per heavy atom. The Balaban J connectivity index is 1.98. The highest BCUT2D eigenvalue weighted by molar-refractivity contribution is 5.96. The van der Waals surface area contributed by atoms with Crippen LogP contribution in [-0.4, -0.2) is 16.9 Å². The Labute approximate surface area is 121 Å². The van der Waals surface area contributed by atoms with Gasteiger partial charge in [-0.25, -0.2) is 10.3 Å². The van der Waals surface area contributed by atoms with Crippen molar-refractivity contribution in [3.05, 3.63) is 65.2 Å². The van der Waals surface area contributed by atoms with Crippen molar-refractivity contribution in [1.29, 1.82) is 10.9 Å². The van der Waals surface area contributed by atoms with Crippen LogP contribution in [0, 0.1) is 10.9 Å². The topological polar surface area (TPSA) is 109 Å². The first-order valence-corrected chi connectivity index (χ1v) is 6.22. The molecule has 0 saturated carbocycles. The van der Waals surface area contributed by atoms with Gasteiger partial charge in [0.1, 0.15) is 0 Å². The smallest absolute Gasteiger partial charge is 0.335 e. The summed E-state index contributed by atoms with van der Waals surface area (Å²) in [7, 11) is 0. The van der Waals surface area contributed by atoms with E-state index in [1.54, 1.807) is 48.5 Å². The van der Waals surface area contributed by atoms with Crippen molar-refractivity contribution < 1.29 is 9.90 Å². The lowest BCUT2D eigenvalue weighted by Gasteiger charge is -2.07. The fourth-order valence-corrected chi connectivity index (χ4v) is 1.78. The summed E-state index contributed by atoms with van der Waals surface area (Å²) in [5.74, 6) is -1.02. The van der Waals surface area contributed by atoms with Crippen LogP contribution in [0.15, 0.2) is 53.6 Å². The first-order chi connectivity index (χ1) is 10.1. The quantitative estimate of drug-likeness (QED) is 0.383. The highest BCUT2D eigenvalue weighted by Crippen LogP contribution is 2.12. The molecular weight excluding hydrogens is 268 g/mol. The van der Waals surface area contributed by atoms with Gasteiger partial charge >= 0.3 is 5.97 Å². The number of carboxylic acid groups (broad SMARTS) is 1. The molecular formula is C15H14N4O2. The number of rotatable bonds is 5. The van der Waals surface area contributed by atoms with Crippen LogP contribution in [0.25, 0.3) is 0 Å². The summed E-state index contributed by atoms with van der Waals surface area (Å²) in [5, 5.41) is 22.5. The van der Waals surface area contributed by atoms with E-state index < -0.39 is 5.97 Å². The van der Waals surface area contributed by atoms with Crippen molar-refractivity contribution in [3.8, 4) is 0 Å². The van der Waals surface area contributed by atoms with Crippen LogP contribution in [-0.2, 0) is 6.54 Å². The first-order valence-electron chi connectivity index (χ1n) is 6.22. The number of carbonyl (C=O) groups is 1. The number of hydrogen-bond donors (Lipinski definition) is 4. The summed E-state index contributed by atoms with van der Waals surface area (Å²) >= 11 is 0. The molecule has 21 heavy (non-hydrogen) atoms. The number of hydrogen-bond acceptors (Lipinski definition) is 4. The molecule has 0 heterocycles. The number of amidine groups is 1. The lowest BCUT2D eigenvalue weighted by atomic mass is 10.1. The first kappa shape index (κ1) is 14.4. The van der Waals surface area contributed by atoms with Crippen molar-refractivity contribution in [2.45, 2.75) is 6.54 Å². The molecule has 0 aromatic heterocycles. The van der Waals surface area contributed by atoms with E-state index in [0.29, 0.717) is 12.1 Å². The summed E-state index contributed by atoms with van der Waals surface area (Å²) in [4.78, 5) is 10.7. The van der Waals surface area contributed by atoms with Crippen LogP contribution in [0.4, 0.5) is 5.69 Å². The van der Waals surface area contributed by atoms with Crippen LogP contribution >= 0.6 is 0 Å². The average molecular weight is 282 g/mol. The molecule has 0 amide bonds. The molecule has 0 spiro atoms. The number of nitrogens with one attached hydrogen (secondary N) is 3. The van der Waals surface area contributed by atoms with Gasteiger partial charge in [0.25, 0.3) is 0 Å². The second-order valence-corrected chi connectivity index (χ2v) is 4.39. The maximum Gasteiger partial charge on any atom is 0.335 e. The standard InChI is InChI=1S/C15H14N4O2/c16-14(19-17)11-5-7-13(8-6-11)18-9-10-1-3-12(4-2-10)15(20)21/h1-8,16-18H,9H2,(H,20,21). The summed E-state index contributed by atoms with van der Waals surface area (Å²) in [6.07, 6.45) is 0. The van der Waals surface area contributed by atoms with E-state index in [-0.39, 0.29) is 11.4 Å². The van der Waals surface area contributed by atoms with Crippen molar-refractivity contribution >= 4 is 17.5 Å². The molecule has 0 atom stereocenters. The highest BCUT2D eigenvalue weighted by Gasteiger charge is 2.02. The van der Waals surface area contributed by atoms with Gasteiger partial charge in [0.15, 0.2) is 5.84 Å². The fraction of sp³-hybridized carbons (Fsp3) is 0.0667. The molecule has 0 bridgehead atoms. The van der Waals surface area contributed by atoms with Gasteiger partial charge in [0.2, 0.25) is 0 Å². The molecule has 2 aromatic carbocycles. The zero-order valence-corrected chi connectivity index (χ0v) is 11.1. The molecule has 106 valence electrons. The van der Waals surface area contributed by atoms with Gasteiger partial charge in [0, 0.05) is 17.8 Å². The lowest BCUT2D eigenvalue weighted by molar-refractivity contribution is 0.0697. The maximum absolute atomic E-state index is 10.7. The van der Waals surface area contributed by atoms with Gasteiger partial charge < -0.3 is 10.4 Å². The van der Waals surface area contributed by atoms with Crippen molar-refractivity contribution in [1.82, 2.24) is 0 Å². The van der Waals surface area contributed by atoms with E-state index in [4.69, 9.17) is 16.0 Å². The molecule has 0 aliphatic rings. The number of benzene rings is 2. The van der Waals surface area contributed by atoms with Crippen LogP contribution in [0.5, 0.6) is 0 Å². The van der Waals surface area contributed by atoms with E-state index in [1.807, 2.05) is 0 Å². The fourth-order valence-electron chi connectivity index (χ4n) is 1.78. The minimum absolute atomic E-state index is 0.0780. The molecule has 0 radical (unpaired) electrons. The monoisotopic (exact) mass is 282 g/mol.